The molecule has 0 atom stereocenters. The van der Waals surface area contributed by atoms with Gasteiger partial charge in [0.15, 0.2) is 0 Å². The van der Waals surface area contributed by atoms with E-state index in [-0.39, 0.29) is 0 Å². The number of rotatable bonds is 2. The summed E-state index contributed by atoms with van der Waals surface area (Å²) in [7, 11) is 0. The number of allylic oxidation sites excluding steroid dienone is 8. The topological polar surface area (TPSA) is 0 Å². The molecule has 0 heteroatoms. The fourth-order valence-electron chi connectivity index (χ4n) is 1.82. The molecule has 2 aliphatic rings. The third-order valence-electron chi connectivity index (χ3n) is 2.40. The van der Waals surface area contributed by atoms with E-state index in [1.54, 1.807) is 0 Å². The summed E-state index contributed by atoms with van der Waals surface area (Å²) in [5.41, 5.74) is 4.42. The van der Waals surface area contributed by atoms with Crippen molar-refractivity contribution < 1.29 is 0 Å². The van der Waals surface area contributed by atoms with Crippen LogP contribution in [0.4, 0.5) is 0 Å². The molecule has 0 bridgehead atoms. The third-order valence-corrected chi connectivity index (χ3v) is 2.40. The average molecular weight is 158 g/mol. The maximum absolute atomic E-state index is 2.33. The number of fused-ring (bicyclic) bond motifs is 1. The van der Waals surface area contributed by atoms with Gasteiger partial charge in [0.25, 0.3) is 0 Å². The second-order valence-electron chi connectivity index (χ2n) is 3.32. The first-order valence-electron chi connectivity index (χ1n) is 4.70. The lowest BCUT2D eigenvalue weighted by Gasteiger charge is -2.09. The third kappa shape index (κ3) is 1.18. The molecule has 0 saturated heterocycles. The van der Waals surface area contributed by atoms with Crippen LogP contribution in [0.5, 0.6) is 0 Å². The Kier molecular flexibility index (Phi) is 1.99. The van der Waals surface area contributed by atoms with E-state index < -0.39 is 0 Å². The molecule has 0 fully saturated rings. The van der Waals surface area contributed by atoms with Gasteiger partial charge < -0.3 is 0 Å². The van der Waals surface area contributed by atoms with Crippen LogP contribution in [0.25, 0.3) is 0 Å². The second-order valence-corrected chi connectivity index (χ2v) is 3.32. The Morgan fingerprint density at radius 2 is 2.25 bits per heavy atom. The van der Waals surface area contributed by atoms with Crippen LogP contribution in [-0.4, -0.2) is 0 Å². The Hall–Kier alpha value is -1.04. The average Bonchev–Trinajstić information content (AvgIpc) is 2.50. The summed E-state index contributed by atoms with van der Waals surface area (Å²) >= 11 is 0. The van der Waals surface area contributed by atoms with Crippen molar-refractivity contribution in [2.24, 2.45) is 0 Å². The van der Waals surface area contributed by atoms with E-state index in [1.165, 1.54) is 29.6 Å². The summed E-state index contributed by atoms with van der Waals surface area (Å²) < 4.78 is 0. The van der Waals surface area contributed by atoms with Crippen LogP contribution in [0.3, 0.4) is 0 Å². The fraction of sp³-hybridized carbons (Fsp3) is 0.333. The van der Waals surface area contributed by atoms with E-state index in [2.05, 4.69) is 37.3 Å². The highest BCUT2D eigenvalue weighted by atomic mass is 14.2. The van der Waals surface area contributed by atoms with Gasteiger partial charge in [-0.05, 0) is 29.6 Å². The van der Waals surface area contributed by atoms with Gasteiger partial charge in [-0.1, -0.05) is 43.7 Å². The lowest BCUT2D eigenvalue weighted by Crippen LogP contribution is -1.91. The number of hydrogen-bond acceptors (Lipinski definition) is 0. The van der Waals surface area contributed by atoms with Gasteiger partial charge in [0, 0.05) is 0 Å². The molecule has 0 unspecified atom stereocenters. The van der Waals surface area contributed by atoms with Gasteiger partial charge in [-0.2, -0.15) is 0 Å². The second kappa shape index (κ2) is 3.14. The highest BCUT2D eigenvalue weighted by Crippen LogP contribution is 2.32. The first kappa shape index (κ1) is 7.60. The van der Waals surface area contributed by atoms with Gasteiger partial charge >= 0.3 is 0 Å². The predicted octanol–water partition coefficient (Wildman–Crippen LogP) is 3.54. The quantitative estimate of drug-likeness (QED) is 0.576. The highest BCUT2D eigenvalue weighted by molar-refractivity contribution is 5.60. The maximum Gasteiger partial charge on any atom is -0.0157 e. The highest BCUT2D eigenvalue weighted by Gasteiger charge is 2.13. The molecule has 0 heterocycles. The van der Waals surface area contributed by atoms with Gasteiger partial charge in [0.1, 0.15) is 0 Å². The largest absolute Gasteiger partial charge is 0.0801 e. The predicted molar refractivity (Wildman–Crippen MR) is 52.9 cm³/mol. The van der Waals surface area contributed by atoms with E-state index >= 15 is 0 Å². The summed E-state index contributed by atoms with van der Waals surface area (Å²) in [6.45, 7) is 2.23. The van der Waals surface area contributed by atoms with Crippen molar-refractivity contribution in [2.45, 2.75) is 26.2 Å². The Morgan fingerprint density at radius 1 is 1.33 bits per heavy atom. The standard InChI is InChI=1S/C12H14/c1-2-5-10-8-9-11-6-3-4-7-12(10)11/h3,6-9H,2,4-5H2,1H3. The first-order valence-corrected chi connectivity index (χ1v) is 4.70. The van der Waals surface area contributed by atoms with E-state index in [1.807, 2.05) is 0 Å². The van der Waals surface area contributed by atoms with Gasteiger partial charge in [-0.3, -0.25) is 0 Å². The van der Waals surface area contributed by atoms with Crippen molar-refractivity contribution in [3.63, 3.8) is 0 Å². The van der Waals surface area contributed by atoms with Crippen LogP contribution in [-0.2, 0) is 0 Å². The lowest BCUT2D eigenvalue weighted by molar-refractivity contribution is 0.917. The Bertz CT molecular complexity index is 298. The van der Waals surface area contributed by atoms with Crippen molar-refractivity contribution in [1.29, 1.82) is 0 Å². The summed E-state index contributed by atoms with van der Waals surface area (Å²) in [6.07, 6.45) is 14.8. The van der Waals surface area contributed by atoms with Crippen LogP contribution in [0.15, 0.2) is 47.1 Å². The molecular weight excluding hydrogens is 144 g/mol. The van der Waals surface area contributed by atoms with Crippen LogP contribution < -0.4 is 0 Å². The van der Waals surface area contributed by atoms with Gasteiger partial charge in [-0.25, -0.2) is 0 Å². The fourth-order valence-corrected chi connectivity index (χ4v) is 1.82. The maximum atomic E-state index is 2.33. The van der Waals surface area contributed by atoms with Gasteiger partial charge in [0.2, 0.25) is 0 Å². The molecule has 0 aromatic rings. The molecule has 12 heavy (non-hydrogen) atoms. The zero-order valence-corrected chi connectivity index (χ0v) is 7.51. The molecule has 0 N–H and O–H groups in total. The molecule has 62 valence electrons. The van der Waals surface area contributed by atoms with Crippen LogP contribution in [0, 0.1) is 0 Å². The SMILES string of the molecule is CCCC1=CC=C2C=CCC=C21. The molecule has 2 rings (SSSR count). The first-order chi connectivity index (χ1) is 5.92. The van der Waals surface area contributed by atoms with E-state index in [0.29, 0.717) is 0 Å². The number of hydrogen-bond donors (Lipinski definition) is 0. The Labute approximate surface area is 74.0 Å². The monoisotopic (exact) mass is 158 g/mol. The Morgan fingerprint density at radius 3 is 3.08 bits per heavy atom. The van der Waals surface area contributed by atoms with E-state index in [9.17, 15) is 0 Å². The minimum Gasteiger partial charge on any atom is -0.0801 e. The molecule has 0 radical (unpaired) electrons. The molecule has 0 aromatic heterocycles. The molecule has 0 spiro atoms. The summed E-state index contributed by atoms with van der Waals surface area (Å²) in [5, 5.41) is 0. The van der Waals surface area contributed by atoms with Crippen molar-refractivity contribution in [3.8, 4) is 0 Å². The molecule has 2 aliphatic carbocycles. The molecular formula is C12H14. The van der Waals surface area contributed by atoms with Crippen LogP contribution >= 0.6 is 0 Å². The zero-order valence-electron chi connectivity index (χ0n) is 7.51. The van der Waals surface area contributed by atoms with Gasteiger partial charge in [-0.15, -0.1) is 0 Å². The van der Waals surface area contributed by atoms with Gasteiger partial charge in [0.05, 0.1) is 0 Å². The van der Waals surface area contributed by atoms with E-state index in [0.717, 1.165) is 6.42 Å². The molecule has 0 nitrogen and oxygen atoms in total. The smallest absolute Gasteiger partial charge is 0.0157 e. The minimum absolute atomic E-state index is 1.10. The normalized spacial score (nSPS) is 19.9. The molecule has 0 aromatic carbocycles. The van der Waals surface area contributed by atoms with Crippen molar-refractivity contribution >= 4 is 0 Å². The minimum atomic E-state index is 1.10. The van der Waals surface area contributed by atoms with Crippen molar-refractivity contribution in [2.75, 3.05) is 0 Å². The van der Waals surface area contributed by atoms with Crippen molar-refractivity contribution in [3.05, 3.63) is 47.1 Å². The zero-order chi connectivity index (χ0) is 8.39. The Balaban J connectivity index is 2.20. The van der Waals surface area contributed by atoms with Crippen molar-refractivity contribution in [1.82, 2.24) is 0 Å². The summed E-state index contributed by atoms with van der Waals surface area (Å²) in [6, 6.07) is 0. The lowest BCUT2D eigenvalue weighted by atomic mass is 9.95. The van der Waals surface area contributed by atoms with E-state index in [4.69, 9.17) is 0 Å². The van der Waals surface area contributed by atoms with Crippen LogP contribution in [0.2, 0.25) is 0 Å². The molecule has 0 saturated carbocycles. The van der Waals surface area contributed by atoms with Crippen LogP contribution in [0.1, 0.15) is 26.2 Å². The summed E-state index contributed by atoms with van der Waals surface area (Å²) in [4.78, 5) is 0. The summed E-state index contributed by atoms with van der Waals surface area (Å²) in [5.74, 6) is 0. The molecule has 0 amide bonds. The molecule has 0 aliphatic heterocycles.